The number of nitrogens with one attached hydrogen (secondary N) is 2. The Bertz CT molecular complexity index is 1190. The second-order valence-corrected chi connectivity index (χ2v) is 6.02. The number of rotatable bonds is 5. The van der Waals surface area contributed by atoms with Gasteiger partial charge in [-0.25, -0.2) is 9.78 Å². The summed E-state index contributed by atoms with van der Waals surface area (Å²) in [4.78, 5) is 42.9. The van der Waals surface area contributed by atoms with Crippen molar-refractivity contribution >= 4 is 23.0 Å². The number of carbonyl (C=O) groups is 1. The van der Waals surface area contributed by atoms with E-state index in [1.165, 1.54) is 12.3 Å². The van der Waals surface area contributed by atoms with Crippen molar-refractivity contribution in [1.29, 1.82) is 0 Å². The molecule has 0 fully saturated rings. The van der Waals surface area contributed by atoms with Gasteiger partial charge >= 0.3 is 5.69 Å². The largest absolute Gasteiger partial charge is 0.454 e. The van der Waals surface area contributed by atoms with Crippen molar-refractivity contribution in [2.45, 2.75) is 6.54 Å². The van der Waals surface area contributed by atoms with E-state index in [1.807, 2.05) is 0 Å². The van der Waals surface area contributed by atoms with Crippen LogP contribution in [0.2, 0.25) is 0 Å². The van der Waals surface area contributed by atoms with Gasteiger partial charge in [-0.2, -0.15) is 0 Å². The van der Waals surface area contributed by atoms with E-state index < -0.39 is 11.2 Å². The first-order chi connectivity index (χ1) is 13.6. The van der Waals surface area contributed by atoms with Gasteiger partial charge in [0.2, 0.25) is 12.7 Å². The molecule has 0 bridgehead atoms. The summed E-state index contributed by atoms with van der Waals surface area (Å²) in [5.41, 5.74) is 0.0110. The van der Waals surface area contributed by atoms with E-state index in [0.29, 0.717) is 16.9 Å². The molecular formula is C19H16N4O5. The molecule has 0 saturated heterocycles. The van der Waals surface area contributed by atoms with Gasteiger partial charge < -0.3 is 14.8 Å². The number of pyridine rings is 1. The summed E-state index contributed by atoms with van der Waals surface area (Å²) >= 11 is 0. The molecule has 0 atom stereocenters. The average Bonchev–Trinajstić information content (AvgIpc) is 3.17. The number of hydrogen-bond acceptors (Lipinski definition) is 6. The number of hydrogen-bond donors (Lipinski definition) is 2. The predicted octanol–water partition coefficient (Wildman–Crippen LogP) is 0.643. The number of H-pyrrole nitrogens is 1. The molecule has 0 aliphatic carbocycles. The van der Waals surface area contributed by atoms with E-state index in [2.05, 4.69) is 15.3 Å². The van der Waals surface area contributed by atoms with E-state index in [4.69, 9.17) is 9.47 Å². The van der Waals surface area contributed by atoms with E-state index in [1.54, 1.807) is 36.4 Å². The third-order valence-corrected chi connectivity index (χ3v) is 4.21. The van der Waals surface area contributed by atoms with Crippen molar-refractivity contribution in [2.24, 2.45) is 0 Å². The second kappa shape index (κ2) is 7.39. The summed E-state index contributed by atoms with van der Waals surface area (Å²) in [5.74, 6) is 0.958. The van der Waals surface area contributed by atoms with E-state index >= 15 is 0 Å². The van der Waals surface area contributed by atoms with Crippen molar-refractivity contribution < 1.29 is 14.3 Å². The topological polar surface area (TPSA) is 115 Å². The van der Waals surface area contributed by atoms with Crippen LogP contribution in [0.3, 0.4) is 0 Å². The smallest absolute Gasteiger partial charge is 0.330 e. The Morgan fingerprint density at radius 3 is 3.00 bits per heavy atom. The van der Waals surface area contributed by atoms with Gasteiger partial charge in [-0.3, -0.25) is 19.1 Å². The van der Waals surface area contributed by atoms with Crippen LogP contribution in [-0.4, -0.2) is 33.8 Å². The van der Waals surface area contributed by atoms with E-state index in [0.717, 1.165) is 10.1 Å². The highest BCUT2D eigenvalue weighted by Crippen LogP contribution is 2.32. The van der Waals surface area contributed by atoms with E-state index in [-0.39, 0.29) is 31.4 Å². The van der Waals surface area contributed by atoms with Gasteiger partial charge in [0.1, 0.15) is 5.65 Å². The molecule has 1 aliphatic heterocycles. The van der Waals surface area contributed by atoms with Crippen LogP contribution < -0.4 is 26.0 Å². The van der Waals surface area contributed by atoms with Crippen LogP contribution in [0.1, 0.15) is 5.56 Å². The van der Waals surface area contributed by atoms with Crippen LogP contribution in [0.25, 0.3) is 17.1 Å². The molecule has 4 rings (SSSR count). The Balaban J connectivity index is 1.39. The number of fused-ring (bicyclic) bond motifs is 2. The molecule has 0 spiro atoms. The Morgan fingerprint density at radius 1 is 1.25 bits per heavy atom. The van der Waals surface area contributed by atoms with Gasteiger partial charge in [0.05, 0.1) is 5.39 Å². The minimum atomic E-state index is -0.568. The van der Waals surface area contributed by atoms with Gasteiger partial charge in [-0.05, 0) is 35.9 Å². The molecule has 142 valence electrons. The van der Waals surface area contributed by atoms with Gasteiger partial charge in [0.25, 0.3) is 5.56 Å². The van der Waals surface area contributed by atoms with Crippen LogP contribution in [0.15, 0.2) is 52.2 Å². The first-order valence-corrected chi connectivity index (χ1v) is 8.55. The minimum Gasteiger partial charge on any atom is -0.454 e. The molecule has 2 aromatic heterocycles. The Labute approximate surface area is 158 Å². The van der Waals surface area contributed by atoms with Gasteiger partial charge in [-0.1, -0.05) is 6.07 Å². The standard InChI is InChI=1S/C19H16N4O5/c24-16(6-4-12-3-5-14-15(10-12)28-11-27-14)20-8-9-23-18(25)13-2-1-7-21-17(13)22-19(23)26/h1-7,10H,8-9,11H2,(H,20,24)(H,21,22,26). The average molecular weight is 380 g/mol. The highest BCUT2D eigenvalue weighted by atomic mass is 16.7. The third kappa shape index (κ3) is 3.50. The van der Waals surface area contributed by atoms with Crippen LogP contribution in [0.4, 0.5) is 0 Å². The summed E-state index contributed by atoms with van der Waals surface area (Å²) < 4.78 is 11.6. The summed E-state index contributed by atoms with van der Waals surface area (Å²) in [6.45, 7) is 0.355. The number of benzene rings is 1. The molecule has 0 saturated carbocycles. The highest BCUT2D eigenvalue weighted by Gasteiger charge is 2.12. The molecular weight excluding hydrogens is 364 g/mol. The molecule has 1 amide bonds. The monoisotopic (exact) mass is 380 g/mol. The van der Waals surface area contributed by atoms with Crippen molar-refractivity contribution in [3.63, 3.8) is 0 Å². The van der Waals surface area contributed by atoms with Gasteiger partial charge in [0, 0.05) is 25.4 Å². The Kier molecular flexibility index (Phi) is 4.63. The van der Waals surface area contributed by atoms with Crippen LogP contribution >= 0.6 is 0 Å². The van der Waals surface area contributed by atoms with Crippen LogP contribution in [0.5, 0.6) is 11.5 Å². The maximum Gasteiger partial charge on any atom is 0.330 e. The first-order valence-electron chi connectivity index (χ1n) is 8.55. The molecule has 0 unspecified atom stereocenters. The lowest BCUT2D eigenvalue weighted by atomic mass is 10.2. The fraction of sp³-hybridized carbons (Fsp3) is 0.158. The lowest BCUT2D eigenvalue weighted by Gasteiger charge is -2.06. The SMILES string of the molecule is O=C(C=Cc1ccc2c(c1)OCO2)NCCn1c(=O)[nH]c2ncccc2c1=O. The van der Waals surface area contributed by atoms with E-state index in [9.17, 15) is 14.4 Å². The molecule has 1 aromatic carbocycles. The van der Waals surface area contributed by atoms with Crippen molar-refractivity contribution in [3.05, 3.63) is 69.0 Å². The zero-order valence-corrected chi connectivity index (χ0v) is 14.7. The molecule has 3 aromatic rings. The van der Waals surface area contributed by atoms with Crippen molar-refractivity contribution in [1.82, 2.24) is 19.9 Å². The normalized spacial score (nSPS) is 12.6. The zero-order chi connectivity index (χ0) is 19.5. The molecule has 3 heterocycles. The van der Waals surface area contributed by atoms with Crippen molar-refractivity contribution in [2.75, 3.05) is 13.3 Å². The lowest BCUT2D eigenvalue weighted by Crippen LogP contribution is -2.39. The number of aromatic amines is 1. The maximum absolute atomic E-state index is 12.4. The molecule has 2 N–H and O–H groups in total. The fourth-order valence-electron chi connectivity index (χ4n) is 2.83. The maximum atomic E-state index is 12.4. The summed E-state index contributed by atoms with van der Waals surface area (Å²) in [7, 11) is 0. The van der Waals surface area contributed by atoms with Crippen molar-refractivity contribution in [3.8, 4) is 11.5 Å². The summed E-state index contributed by atoms with van der Waals surface area (Å²) in [5, 5.41) is 2.96. The highest BCUT2D eigenvalue weighted by molar-refractivity contribution is 5.91. The summed E-state index contributed by atoms with van der Waals surface area (Å²) in [6.07, 6.45) is 4.50. The first kappa shape index (κ1) is 17.5. The molecule has 1 aliphatic rings. The lowest BCUT2D eigenvalue weighted by molar-refractivity contribution is -0.116. The third-order valence-electron chi connectivity index (χ3n) is 4.21. The summed E-state index contributed by atoms with van der Waals surface area (Å²) in [6, 6.07) is 8.56. The minimum absolute atomic E-state index is 0.0443. The van der Waals surface area contributed by atoms with Gasteiger partial charge in [0.15, 0.2) is 11.5 Å². The number of ether oxygens (including phenoxy) is 2. The van der Waals surface area contributed by atoms with Gasteiger partial charge in [-0.15, -0.1) is 0 Å². The fourth-order valence-corrected chi connectivity index (χ4v) is 2.83. The second-order valence-electron chi connectivity index (χ2n) is 6.02. The predicted molar refractivity (Wildman–Crippen MR) is 101 cm³/mol. The number of nitrogens with zero attached hydrogens (tertiary/aromatic N) is 2. The van der Waals surface area contributed by atoms with Crippen LogP contribution in [-0.2, 0) is 11.3 Å². The Morgan fingerprint density at radius 2 is 2.11 bits per heavy atom. The zero-order valence-electron chi connectivity index (χ0n) is 14.7. The molecule has 9 heteroatoms. The number of aromatic nitrogens is 3. The number of carbonyl (C=O) groups excluding carboxylic acids is 1. The number of amides is 1. The molecule has 0 radical (unpaired) electrons. The molecule has 9 nitrogen and oxygen atoms in total. The molecule has 28 heavy (non-hydrogen) atoms. The quantitative estimate of drug-likeness (QED) is 0.628. The van der Waals surface area contributed by atoms with Crippen LogP contribution in [0, 0.1) is 0 Å². The Hall–Kier alpha value is -3.88.